The maximum Gasteiger partial charge on any atom is 0.340 e. The summed E-state index contributed by atoms with van der Waals surface area (Å²) < 4.78 is 32.9. The Kier molecular flexibility index (Phi) is 32.1. The summed E-state index contributed by atoms with van der Waals surface area (Å²) in [5, 5.41) is 0. The first-order valence-corrected chi connectivity index (χ1v) is 22.2. The average Bonchev–Trinajstić information content (AvgIpc) is 3.04. The Labute approximate surface area is 324 Å². The molecule has 0 spiro atoms. The average molecular weight is 785 g/mol. The van der Waals surface area contributed by atoms with E-state index < -0.39 is 27.6 Å². The van der Waals surface area contributed by atoms with Gasteiger partial charge in [0.1, 0.15) is 5.66 Å². The van der Waals surface area contributed by atoms with E-state index in [4.69, 9.17) is 18.5 Å². The van der Waals surface area contributed by atoms with Gasteiger partial charge in [0.25, 0.3) is 0 Å². The fraction of sp³-hybridized carbons (Fsp3) is 0.667. The van der Waals surface area contributed by atoms with Crippen LogP contribution in [0.25, 0.3) is 0 Å². The van der Waals surface area contributed by atoms with Gasteiger partial charge >= 0.3 is 19.5 Å². The highest BCUT2D eigenvalue weighted by molar-refractivity contribution is 7.53. The predicted molar refractivity (Wildman–Crippen MR) is 223 cm³/mol. The topological polar surface area (TPSA) is 129 Å². The van der Waals surface area contributed by atoms with Crippen molar-refractivity contribution in [3.63, 3.8) is 0 Å². The van der Waals surface area contributed by atoms with Crippen LogP contribution in [0.4, 0.5) is 0 Å². The van der Waals surface area contributed by atoms with E-state index >= 15 is 0 Å². The fourth-order valence-electron chi connectivity index (χ4n) is 4.89. The lowest BCUT2D eigenvalue weighted by Crippen LogP contribution is -2.23. The quantitative estimate of drug-likeness (QED) is 0.0500. The number of rotatable bonds is 26. The molecule has 0 aliphatic carbocycles. The SMILES string of the molecule is CCOC(=O)C(C/C=C(\C)CC/C=C(\C)CCC=C(C)C)P(=O)(O)O.CCOC(=O)C(C/C=C(\C)CC/C=C(\C)CCC=C(C)C)P(OCC)OCC. The van der Waals surface area contributed by atoms with Gasteiger partial charge in [0, 0.05) is 0 Å². The van der Waals surface area contributed by atoms with Crippen LogP contribution in [0.2, 0.25) is 0 Å². The first-order chi connectivity index (χ1) is 24.9. The molecule has 0 fully saturated rings. The molecular formula is C42H74O9P2. The van der Waals surface area contributed by atoms with Crippen LogP contribution < -0.4 is 0 Å². The van der Waals surface area contributed by atoms with Crippen molar-refractivity contribution in [1.29, 1.82) is 0 Å². The van der Waals surface area contributed by atoms with Crippen molar-refractivity contribution in [1.82, 2.24) is 0 Å². The normalized spacial score (nSPS) is 13.9. The zero-order chi connectivity index (χ0) is 40.8. The molecule has 53 heavy (non-hydrogen) atoms. The number of allylic oxidation sites excluding steroid dienone is 12. The van der Waals surface area contributed by atoms with Crippen molar-refractivity contribution in [2.45, 2.75) is 159 Å². The van der Waals surface area contributed by atoms with Crippen molar-refractivity contribution in [3.05, 3.63) is 69.9 Å². The largest absolute Gasteiger partial charge is 0.465 e. The maximum absolute atomic E-state index is 12.4. The number of hydrogen-bond acceptors (Lipinski definition) is 7. The summed E-state index contributed by atoms with van der Waals surface area (Å²) >= 11 is 0. The van der Waals surface area contributed by atoms with Crippen LogP contribution in [0.1, 0.15) is 147 Å². The third kappa shape index (κ3) is 29.9. The van der Waals surface area contributed by atoms with E-state index in [1.54, 1.807) is 13.0 Å². The van der Waals surface area contributed by atoms with E-state index in [1.807, 2.05) is 27.7 Å². The minimum absolute atomic E-state index is 0.00177. The van der Waals surface area contributed by atoms with Crippen LogP contribution >= 0.6 is 16.0 Å². The fourth-order valence-corrected chi connectivity index (χ4v) is 7.09. The van der Waals surface area contributed by atoms with Gasteiger partial charge in [-0.05, 0) is 147 Å². The van der Waals surface area contributed by atoms with Gasteiger partial charge in [-0.15, -0.1) is 0 Å². The minimum atomic E-state index is -4.52. The second-order valence-corrected chi connectivity index (χ2v) is 17.1. The molecule has 2 unspecified atom stereocenters. The van der Waals surface area contributed by atoms with Gasteiger partial charge in [0.05, 0.1) is 26.4 Å². The van der Waals surface area contributed by atoms with Gasteiger partial charge in [-0.2, -0.15) is 0 Å². The van der Waals surface area contributed by atoms with E-state index in [0.717, 1.165) is 56.9 Å². The van der Waals surface area contributed by atoms with E-state index in [1.165, 1.54) is 27.9 Å². The summed E-state index contributed by atoms with van der Waals surface area (Å²) in [6.07, 6.45) is 21.5. The molecule has 0 aliphatic heterocycles. The molecule has 0 rings (SSSR count). The summed E-state index contributed by atoms with van der Waals surface area (Å²) in [7, 11) is -5.79. The summed E-state index contributed by atoms with van der Waals surface area (Å²) in [5.74, 6) is -1.07. The van der Waals surface area contributed by atoms with Gasteiger partial charge in [-0.1, -0.05) is 69.9 Å². The lowest BCUT2D eigenvalue weighted by molar-refractivity contribution is -0.143. The monoisotopic (exact) mass is 784 g/mol. The molecule has 2 atom stereocenters. The summed E-state index contributed by atoms with van der Waals surface area (Å²) in [4.78, 5) is 42.7. The Morgan fingerprint density at radius 2 is 0.906 bits per heavy atom. The predicted octanol–water partition coefficient (Wildman–Crippen LogP) is 12.0. The minimum Gasteiger partial charge on any atom is -0.465 e. The Balaban J connectivity index is 0. The summed E-state index contributed by atoms with van der Waals surface area (Å²) in [6.45, 7) is 25.6. The molecule has 0 heterocycles. The third-order valence-electron chi connectivity index (χ3n) is 7.92. The Morgan fingerprint density at radius 3 is 1.26 bits per heavy atom. The molecule has 0 aromatic heterocycles. The number of esters is 2. The number of hydrogen-bond donors (Lipinski definition) is 2. The zero-order valence-corrected chi connectivity index (χ0v) is 37.0. The Morgan fingerprint density at radius 1 is 0.547 bits per heavy atom. The van der Waals surface area contributed by atoms with Crippen LogP contribution in [0.3, 0.4) is 0 Å². The molecule has 0 aromatic carbocycles. The molecule has 9 nitrogen and oxygen atoms in total. The third-order valence-corrected chi connectivity index (χ3v) is 11.1. The second-order valence-electron chi connectivity index (χ2n) is 13.6. The first kappa shape index (κ1) is 53.0. The lowest BCUT2D eigenvalue weighted by atomic mass is 10.1. The van der Waals surface area contributed by atoms with Crippen molar-refractivity contribution < 1.29 is 42.5 Å². The van der Waals surface area contributed by atoms with E-state index in [9.17, 15) is 23.9 Å². The van der Waals surface area contributed by atoms with Gasteiger partial charge in [0.15, 0.2) is 14.0 Å². The van der Waals surface area contributed by atoms with Crippen molar-refractivity contribution in [3.8, 4) is 0 Å². The van der Waals surface area contributed by atoms with Gasteiger partial charge in [-0.3, -0.25) is 14.2 Å². The number of carbonyl (C=O) groups is 2. The molecular weight excluding hydrogens is 710 g/mol. The van der Waals surface area contributed by atoms with E-state index in [0.29, 0.717) is 26.2 Å². The van der Waals surface area contributed by atoms with Crippen LogP contribution in [0.5, 0.6) is 0 Å². The lowest BCUT2D eigenvalue weighted by Gasteiger charge is -2.23. The zero-order valence-electron chi connectivity index (χ0n) is 35.2. The van der Waals surface area contributed by atoms with E-state index in [2.05, 4.69) is 78.8 Å². The van der Waals surface area contributed by atoms with Crippen molar-refractivity contribution in [2.75, 3.05) is 26.4 Å². The summed E-state index contributed by atoms with van der Waals surface area (Å²) in [6, 6.07) is 0. The molecule has 306 valence electrons. The number of ether oxygens (including phenoxy) is 2. The maximum atomic E-state index is 12.4. The molecule has 0 radical (unpaired) electrons. The molecule has 0 bridgehead atoms. The van der Waals surface area contributed by atoms with Gasteiger partial charge in [0.2, 0.25) is 0 Å². The van der Waals surface area contributed by atoms with Crippen LogP contribution in [-0.4, -0.2) is 59.5 Å². The van der Waals surface area contributed by atoms with Crippen LogP contribution in [0.15, 0.2) is 69.9 Å². The molecule has 0 saturated carbocycles. The van der Waals surface area contributed by atoms with Crippen LogP contribution in [-0.2, 0) is 32.7 Å². The molecule has 11 heteroatoms. The first-order valence-electron chi connectivity index (χ1n) is 19.3. The standard InChI is InChI=1S/C23H41O4P.C19H33O5P/c1-8-25-23(24)22(28(26-9-2)27-10-3)18-17-21(7)16-12-15-20(6)14-11-13-19(4)5;1-6-24-19(20)18(25(21,22)23)14-13-17(5)12-8-11-16(4)10-7-9-15(2)3/h13,15,17,22H,8-12,14,16,18H2,1-7H3;9,11,13,18H,6-8,10,12,14H2,1-5H3,(H2,21,22,23)/b20-15+,21-17+;16-11+,17-13+. The second kappa shape index (κ2) is 32.2. The smallest absolute Gasteiger partial charge is 0.340 e. The number of carbonyl (C=O) groups excluding carboxylic acids is 2. The molecule has 0 aliphatic rings. The highest BCUT2D eigenvalue weighted by Crippen LogP contribution is 2.46. The van der Waals surface area contributed by atoms with Gasteiger partial charge < -0.3 is 28.3 Å². The van der Waals surface area contributed by atoms with Crippen molar-refractivity contribution >= 4 is 27.9 Å². The molecule has 2 N–H and O–H groups in total. The van der Waals surface area contributed by atoms with E-state index in [-0.39, 0.29) is 24.7 Å². The molecule has 0 amide bonds. The van der Waals surface area contributed by atoms with Crippen LogP contribution in [0, 0.1) is 0 Å². The molecule has 0 aromatic rings. The Bertz CT molecular complexity index is 1260. The summed E-state index contributed by atoms with van der Waals surface area (Å²) in [5.41, 5.74) is 5.99. The highest BCUT2D eigenvalue weighted by atomic mass is 31.2. The van der Waals surface area contributed by atoms with Gasteiger partial charge in [-0.25, -0.2) is 0 Å². The highest BCUT2D eigenvalue weighted by Gasteiger charge is 2.36. The van der Waals surface area contributed by atoms with Crippen molar-refractivity contribution in [2.24, 2.45) is 0 Å². The molecule has 0 saturated heterocycles. The Hall–Kier alpha value is -2.12.